The van der Waals surface area contributed by atoms with Crippen LogP contribution in [0.4, 0.5) is 5.69 Å². The van der Waals surface area contributed by atoms with E-state index in [4.69, 9.17) is 9.47 Å². The first-order chi connectivity index (χ1) is 19.3. The number of fused-ring (bicyclic) bond motifs is 1. The van der Waals surface area contributed by atoms with Gasteiger partial charge < -0.3 is 0 Å². The Hall–Kier alpha value is -2.54. The predicted octanol–water partition coefficient (Wildman–Crippen LogP) is 6.71. The van der Waals surface area contributed by atoms with Gasteiger partial charge in [-0.2, -0.15) is 0 Å². The van der Waals surface area contributed by atoms with Crippen molar-refractivity contribution in [3.63, 3.8) is 0 Å². The Morgan fingerprint density at radius 3 is 2.30 bits per heavy atom. The molecule has 1 saturated carbocycles. The van der Waals surface area contributed by atoms with Crippen molar-refractivity contribution in [2.75, 3.05) is 13.7 Å². The molecule has 1 aliphatic carbocycles. The van der Waals surface area contributed by atoms with E-state index in [9.17, 15) is 10.1 Å². The number of nitro groups is 1. The number of non-ortho nitro benzene ring substituents is 1. The van der Waals surface area contributed by atoms with E-state index in [0.717, 1.165) is 24.9 Å². The van der Waals surface area contributed by atoms with Crippen LogP contribution in [0.2, 0.25) is 4.82 Å². The van der Waals surface area contributed by atoms with Crippen molar-refractivity contribution in [3.05, 3.63) is 106 Å². The van der Waals surface area contributed by atoms with Crippen LogP contribution in [-0.2, 0) is 9.47 Å². The Morgan fingerprint density at radius 2 is 1.68 bits per heavy atom. The van der Waals surface area contributed by atoms with Crippen LogP contribution < -0.4 is 4.46 Å². The third kappa shape index (κ3) is 6.19. The summed E-state index contributed by atoms with van der Waals surface area (Å²) in [5, 5.41) is 11.4. The fraction of sp³-hybridized carbons (Fsp3) is 0.455. The summed E-state index contributed by atoms with van der Waals surface area (Å²) < 4.78 is 14.6. The van der Waals surface area contributed by atoms with Crippen molar-refractivity contribution in [2.45, 2.75) is 68.8 Å². The molecule has 2 fully saturated rings. The van der Waals surface area contributed by atoms with Crippen LogP contribution in [0.3, 0.4) is 0 Å². The molecular formula is C33H40N2O4Se. The van der Waals surface area contributed by atoms with Gasteiger partial charge in [0.25, 0.3) is 0 Å². The van der Waals surface area contributed by atoms with E-state index in [1.54, 1.807) is 12.1 Å². The van der Waals surface area contributed by atoms with Gasteiger partial charge in [0.1, 0.15) is 0 Å². The number of hydrogen-bond acceptors (Lipinski definition) is 5. The Labute approximate surface area is 244 Å². The van der Waals surface area contributed by atoms with Gasteiger partial charge in [0.15, 0.2) is 0 Å². The molecular weight excluding hydrogens is 567 g/mol. The molecule has 0 bridgehead atoms. The van der Waals surface area contributed by atoms with Crippen molar-refractivity contribution >= 4 is 25.1 Å². The van der Waals surface area contributed by atoms with Gasteiger partial charge in [-0.15, -0.1) is 0 Å². The molecule has 0 amide bonds. The van der Waals surface area contributed by atoms with Gasteiger partial charge in [0.2, 0.25) is 0 Å². The number of nitrogens with zero attached hydrogens (tertiary/aromatic N) is 2. The number of nitro benzene ring substituents is 1. The molecule has 2 aliphatic rings. The molecule has 6 atom stereocenters. The number of ether oxygens (including phenoxy) is 2. The SMILES string of the molecule is CO[C@H](c1ccccc1)[C@H](CN1[C@H](c2ccc([N+](=O)[O-])cc2)O[C@@H]2C[C@H](C)CC[C@H]2C1(C)C)[Se]c1ccccc1. The first-order valence-corrected chi connectivity index (χ1v) is 16.1. The fourth-order valence-electron chi connectivity index (χ4n) is 6.60. The summed E-state index contributed by atoms with van der Waals surface area (Å²) in [6.07, 6.45) is 3.21. The average molecular weight is 608 g/mol. The molecule has 212 valence electrons. The third-order valence-corrected chi connectivity index (χ3v) is 11.4. The Morgan fingerprint density at radius 1 is 1.02 bits per heavy atom. The van der Waals surface area contributed by atoms with Crippen molar-refractivity contribution in [1.29, 1.82) is 0 Å². The Balaban J connectivity index is 1.55. The number of benzene rings is 3. The van der Waals surface area contributed by atoms with Crippen molar-refractivity contribution in [2.24, 2.45) is 11.8 Å². The van der Waals surface area contributed by atoms with Gasteiger partial charge in [-0.05, 0) is 0 Å². The summed E-state index contributed by atoms with van der Waals surface area (Å²) >= 11 is 0.131. The quantitative estimate of drug-likeness (QED) is 0.154. The Bertz CT molecular complexity index is 1250. The summed E-state index contributed by atoms with van der Waals surface area (Å²) in [4.78, 5) is 13.8. The minimum atomic E-state index is -0.340. The van der Waals surface area contributed by atoms with E-state index in [-0.39, 0.29) is 54.4 Å². The molecule has 0 spiro atoms. The van der Waals surface area contributed by atoms with Crippen LogP contribution in [0.1, 0.15) is 63.5 Å². The number of rotatable bonds is 9. The maximum absolute atomic E-state index is 11.4. The molecule has 0 N–H and O–H groups in total. The molecule has 3 aromatic rings. The zero-order valence-corrected chi connectivity index (χ0v) is 25.5. The molecule has 5 rings (SSSR count). The van der Waals surface area contributed by atoms with E-state index >= 15 is 0 Å². The molecule has 1 aliphatic heterocycles. The first kappa shape index (κ1) is 29.0. The number of methoxy groups -OCH3 is 1. The zero-order chi connectivity index (χ0) is 28.3. The van der Waals surface area contributed by atoms with Gasteiger partial charge in [0.05, 0.1) is 0 Å². The summed E-state index contributed by atoms with van der Waals surface area (Å²) in [6, 6.07) is 28.2. The monoisotopic (exact) mass is 608 g/mol. The van der Waals surface area contributed by atoms with Crippen LogP contribution in [0.25, 0.3) is 0 Å². The van der Waals surface area contributed by atoms with E-state index in [1.165, 1.54) is 16.4 Å². The van der Waals surface area contributed by atoms with Crippen molar-refractivity contribution < 1.29 is 14.4 Å². The van der Waals surface area contributed by atoms with Crippen molar-refractivity contribution in [3.8, 4) is 0 Å². The van der Waals surface area contributed by atoms with Crippen LogP contribution >= 0.6 is 0 Å². The topological polar surface area (TPSA) is 64.8 Å². The molecule has 6 nitrogen and oxygen atoms in total. The predicted molar refractivity (Wildman–Crippen MR) is 160 cm³/mol. The fourth-order valence-corrected chi connectivity index (χ4v) is 9.31. The average Bonchev–Trinajstić information content (AvgIpc) is 2.95. The molecule has 1 saturated heterocycles. The van der Waals surface area contributed by atoms with Crippen LogP contribution in [0.5, 0.6) is 0 Å². The Kier molecular flexibility index (Phi) is 9.08. The summed E-state index contributed by atoms with van der Waals surface area (Å²) in [5.74, 6) is 1.05. The second-order valence-electron chi connectivity index (χ2n) is 11.7. The maximum atomic E-state index is 11.4. The summed E-state index contributed by atoms with van der Waals surface area (Å²) in [5.41, 5.74) is 2.12. The standard InChI is InChI=1S/C33H40N2O4Se/c1-23-15-20-28-29(21-23)39-32(25-16-18-26(19-17-25)35(36)37)34(33(28,2)3)22-30(40-27-13-9-6-10-14-27)31(38-4)24-11-7-5-8-12-24/h5-14,16-19,23,28-32H,15,20-22H2,1-4H3/t23-,28-,29-,30+,31-,32+/m1/s1. The van der Waals surface area contributed by atoms with Crippen LogP contribution in [0, 0.1) is 22.0 Å². The first-order valence-electron chi connectivity index (χ1n) is 14.2. The molecule has 0 aromatic heterocycles. The summed E-state index contributed by atoms with van der Waals surface area (Å²) in [7, 11) is 1.82. The normalized spacial score (nSPS) is 26.0. The van der Waals surface area contributed by atoms with Crippen LogP contribution in [0.15, 0.2) is 84.9 Å². The van der Waals surface area contributed by atoms with E-state index in [1.807, 2.05) is 25.3 Å². The molecule has 40 heavy (non-hydrogen) atoms. The molecule has 0 radical (unpaired) electrons. The second-order valence-corrected chi connectivity index (χ2v) is 14.5. The molecule has 1 heterocycles. The van der Waals surface area contributed by atoms with Crippen LogP contribution in [-0.4, -0.2) is 50.1 Å². The molecule has 0 unspecified atom stereocenters. The van der Waals surface area contributed by atoms with Gasteiger partial charge in [-0.1, -0.05) is 0 Å². The van der Waals surface area contributed by atoms with Gasteiger partial charge in [0, 0.05) is 0 Å². The summed E-state index contributed by atoms with van der Waals surface area (Å²) in [6.45, 7) is 7.86. The van der Waals surface area contributed by atoms with Gasteiger partial charge >= 0.3 is 245 Å². The molecule has 7 heteroatoms. The van der Waals surface area contributed by atoms with Gasteiger partial charge in [-0.25, -0.2) is 0 Å². The second kappa shape index (κ2) is 12.5. The van der Waals surface area contributed by atoms with E-state index in [0.29, 0.717) is 11.8 Å². The minimum absolute atomic E-state index is 0.0705. The third-order valence-electron chi connectivity index (χ3n) is 8.80. The van der Waals surface area contributed by atoms with Gasteiger partial charge in [-0.3, -0.25) is 0 Å². The van der Waals surface area contributed by atoms with E-state index < -0.39 is 0 Å². The van der Waals surface area contributed by atoms with E-state index in [2.05, 4.69) is 80.3 Å². The van der Waals surface area contributed by atoms with Crippen molar-refractivity contribution in [1.82, 2.24) is 4.90 Å². The number of hydrogen-bond donors (Lipinski definition) is 0. The zero-order valence-electron chi connectivity index (χ0n) is 23.8. The molecule has 3 aromatic carbocycles.